The van der Waals surface area contributed by atoms with Gasteiger partial charge in [-0.3, -0.25) is 4.79 Å². The van der Waals surface area contributed by atoms with Crippen LogP contribution in [0.2, 0.25) is 5.02 Å². The van der Waals surface area contributed by atoms with Crippen LogP contribution in [0.25, 0.3) is 11.0 Å². The number of para-hydroxylation sites is 2. The molecular weight excluding hydrogens is 354 g/mol. The third-order valence-corrected chi connectivity index (χ3v) is 5.40. The van der Waals surface area contributed by atoms with Gasteiger partial charge in [-0.1, -0.05) is 35.9 Å². The van der Waals surface area contributed by atoms with Crippen molar-refractivity contribution in [3.05, 3.63) is 64.9 Å². The number of hydrogen-bond acceptors (Lipinski definition) is 3. The number of rotatable bonds is 6. The summed E-state index contributed by atoms with van der Waals surface area (Å²) in [6, 6.07) is 15.5. The Morgan fingerprint density at radius 3 is 2.68 bits per heavy atom. The maximum absolute atomic E-state index is 12.4. The smallest absolute Gasteiger partial charge is 0.232 e. The van der Waals surface area contributed by atoms with E-state index >= 15 is 0 Å². The van der Waals surface area contributed by atoms with Gasteiger partial charge < -0.3 is 9.88 Å². The van der Waals surface area contributed by atoms with Crippen molar-refractivity contribution < 1.29 is 4.79 Å². The van der Waals surface area contributed by atoms with Gasteiger partial charge in [0.15, 0.2) is 0 Å². The van der Waals surface area contributed by atoms with E-state index < -0.39 is 0 Å². The minimum Gasteiger partial charge on any atom is -0.341 e. The second kappa shape index (κ2) is 7.93. The van der Waals surface area contributed by atoms with Crippen molar-refractivity contribution in [3.8, 4) is 0 Å². The quantitative estimate of drug-likeness (QED) is 0.683. The fourth-order valence-corrected chi connectivity index (χ4v) is 3.51. The molecule has 25 heavy (non-hydrogen) atoms. The number of nitrogens with one attached hydrogen (secondary N) is 1. The van der Waals surface area contributed by atoms with Crippen LogP contribution in [0.1, 0.15) is 23.6 Å². The maximum Gasteiger partial charge on any atom is 0.232 e. The lowest BCUT2D eigenvalue weighted by Crippen LogP contribution is -2.28. The number of carbonyl (C=O) groups excluding carboxylic acids is 1. The van der Waals surface area contributed by atoms with Crippen LogP contribution in [0.4, 0.5) is 0 Å². The molecule has 0 saturated carbocycles. The van der Waals surface area contributed by atoms with Crippen LogP contribution < -0.4 is 0 Å². The topological polar surface area (TPSA) is 49.0 Å². The Bertz CT molecular complexity index is 829. The zero-order valence-electron chi connectivity index (χ0n) is 14.2. The number of aromatic amines is 1. The minimum atomic E-state index is 0.0999. The highest BCUT2D eigenvalue weighted by atomic mass is 35.5. The first kappa shape index (κ1) is 17.8. The molecule has 0 spiro atoms. The van der Waals surface area contributed by atoms with Gasteiger partial charge in [-0.15, -0.1) is 11.8 Å². The first-order chi connectivity index (χ1) is 12.0. The maximum atomic E-state index is 12.4. The predicted octanol–water partition coefficient (Wildman–Crippen LogP) is 4.67. The third kappa shape index (κ3) is 4.55. The van der Waals surface area contributed by atoms with Crippen LogP contribution in [0.15, 0.2) is 48.5 Å². The fraction of sp³-hybridized carbons (Fsp3) is 0.263. The summed E-state index contributed by atoms with van der Waals surface area (Å²) in [6.45, 7) is 2.64. The van der Waals surface area contributed by atoms with Crippen LogP contribution >= 0.6 is 23.4 Å². The predicted molar refractivity (Wildman–Crippen MR) is 105 cm³/mol. The molecule has 0 aliphatic rings. The number of H-pyrrole nitrogens is 1. The normalized spacial score (nSPS) is 12.3. The molecule has 1 amide bonds. The van der Waals surface area contributed by atoms with Crippen molar-refractivity contribution in [1.82, 2.24) is 14.9 Å². The number of aromatic nitrogens is 2. The van der Waals surface area contributed by atoms with E-state index in [9.17, 15) is 4.79 Å². The molecule has 0 saturated heterocycles. The first-order valence-corrected chi connectivity index (χ1v) is 9.50. The van der Waals surface area contributed by atoms with Gasteiger partial charge in [0.05, 0.1) is 22.0 Å². The average molecular weight is 374 g/mol. The molecule has 4 nitrogen and oxygen atoms in total. The molecule has 0 fully saturated rings. The van der Waals surface area contributed by atoms with Crippen molar-refractivity contribution in [1.29, 1.82) is 0 Å². The zero-order valence-corrected chi connectivity index (χ0v) is 15.8. The van der Waals surface area contributed by atoms with Gasteiger partial charge in [0.1, 0.15) is 5.82 Å². The van der Waals surface area contributed by atoms with Crippen molar-refractivity contribution in [2.45, 2.75) is 18.7 Å². The SMILES string of the molecule is C[C@H](SCC(=O)N(C)Cc1ccc(Cl)cc1)c1nc2ccccc2[nH]1. The van der Waals surface area contributed by atoms with E-state index in [0.29, 0.717) is 17.3 Å². The van der Waals surface area contributed by atoms with Crippen LogP contribution in [-0.2, 0) is 11.3 Å². The van der Waals surface area contributed by atoms with Crippen LogP contribution in [0, 0.1) is 0 Å². The van der Waals surface area contributed by atoms with Crippen LogP contribution in [0.3, 0.4) is 0 Å². The summed E-state index contributed by atoms with van der Waals surface area (Å²) in [7, 11) is 1.82. The van der Waals surface area contributed by atoms with Crippen molar-refractivity contribution >= 4 is 40.3 Å². The van der Waals surface area contributed by atoms with Gasteiger partial charge in [-0.25, -0.2) is 4.98 Å². The van der Waals surface area contributed by atoms with E-state index in [2.05, 4.69) is 16.9 Å². The molecule has 3 rings (SSSR count). The van der Waals surface area contributed by atoms with Crippen molar-refractivity contribution in [2.75, 3.05) is 12.8 Å². The molecule has 1 atom stereocenters. The molecule has 1 heterocycles. The Kier molecular flexibility index (Phi) is 5.66. The highest BCUT2D eigenvalue weighted by Gasteiger charge is 2.15. The van der Waals surface area contributed by atoms with Crippen molar-refractivity contribution in [3.63, 3.8) is 0 Å². The second-order valence-corrected chi connectivity index (χ2v) is 7.73. The average Bonchev–Trinajstić information content (AvgIpc) is 3.05. The molecule has 130 valence electrons. The molecule has 0 bridgehead atoms. The van der Waals surface area contributed by atoms with E-state index in [1.165, 1.54) is 0 Å². The summed E-state index contributed by atoms with van der Waals surface area (Å²) in [5, 5.41) is 0.827. The summed E-state index contributed by atoms with van der Waals surface area (Å²) in [5.74, 6) is 1.42. The third-order valence-electron chi connectivity index (χ3n) is 4.01. The molecule has 1 N–H and O–H groups in total. The Hall–Kier alpha value is -1.98. The summed E-state index contributed by atoms with van der Waals surface area (Å²) < 4.78 is 0. The van der Waals surface area contributed by atoms with Gasteiger partial charge in [-0.05, 0) is 36.8 Å². The first-order valence-electron chi connectivity index (χ1n) is 8.07. The summed E-state index contributed by atoms with van der Waals surface area (Å²) in [6.07, 6.45) is 0. The van der Waals surface area contributed by atoms with E-state index in [1.54, 1.807) is 16.7 Å². The fourth-order valence-electron chi connectivity index (χ4n) is 2.50. The number of amides is 1. The largest absolute Gasteiger partial charge is 0.341 e. The molecule has 0 radical (unpaired) electrons. The highest BCUT2D eigenvalue weighted by Crippen LogP contribution is 2.27. The molecule has 2 aromatic carbocycles. The number of nitrogens with zero attached hydrogens (tertiary/aromatic N) is 2. The van der Waals surface area contributed by atoms with E-state index in [1.807, 2.05) is 55.6 Å². The Morgan fingerprint density at radius 2 is 1.96 bits per heavy atom. The van der Waals surface area contributed by atoms with Crippen LogP contribution in [0.5, 0.6) is 0 Å². The van der Waals surface area contributed by atoms with Gasteiger partial charge in [0.25, 0.3) is 0 Å². The minimum absolute atomic E-state index is 0.0999. The molecule has 6 heteroatoms. The summed E-state index contributed by atoms with van der Waals surface area (Å²) in [4.78, 5) is 22.0. The van der Waals surface area contributed by atoms with Crippen molar-refractivity contribution in [2.24, 2.45) is 0 Å². The lowest BCUT2D eigenvalue weighted by atomic mass is 10.2. The summed E-state index contributed by atoms with van der Waals surface area (Å²) in [5.41, 5.74) is 3.04. The summed E-state index contributed by atoms with van der Waals surface area (Å²) >= 11 is 7.48. The monoisotopic (exact) mass is 373 g/mol. The van der Waals surface area contributed by atoms with E-state index in [4.69, 9.17) is 11.6 Å². The number of fused-ring (bicyclic) bond motifs is 1. The molecule has 1 aromatic heterocycles. The second-order valence-electron chi connectivity index (χ2n) is 5.97. The molecule has 0 aliphatic heterocycles. The highest BCUT2D eigenvalue weighted by molar-refractivity contribution is 8.00. The molecular formula is C19H20ClN3OS. The number of thioether (sulfide) groups is 1. The number of benzene rings is 2. The van der Waals surface area contributed by atoms with Gasteiger partial charge in [0, 0.05) is 18.6 Å². The number of imidazole rings is 1. The Labute approximate surface area is 156 Å². The Balaban J connectivity index is 1.54. The lowest BCUT2D eigenvalue weighted by Gasteiger charge is -2.18. The van der Waals surface area contributed by atoms with Gasteiger partial charge >= 0.3 is 0 Å². The molecule has 0 unspecified atom stereocenters. The Morgan fingerprint density at radius 1 is 1.24 bits per heavy atom. The van der Waals surface area contributed by atoms with E-state index in [-0.39, 0.29) is 11.2 Å². The van der Waals surface area contributed by atoms with Gasteiger partial charge in [0.2, 0.25) is 5.91 Å². The standard InChI is InChI=1S/C19H20ClN3OS/c1-13(19-21-16-5-3-4-6-17(16)22-19)25-12-18(24)23(2)11-14-7-9-15(20)10-8-14/h3-10,13H,11-12H2,1-2H3,(H,21,22)/t13-/m0/s1. The zero-order chi connectivity index (χ0) is 17.8. The molecule has 3 aromatic rings. The number of hydrogen-bond donors (Lipinski definition) is 1. The van der Waals surface area contributed by atoms with E-state index in [0.717, 1.165) is 22.4 Å². The number of carbonyl (C=O) groups is 1. The lowest BCUT2D eigenvalue weighted by molar-refractivity contribution is -0.127. The van der Waals surface area contributed by atoms with Gasteiger partial charge in [-0.2, -0.15) is 0 Å². The molecule has 0 aliphatic carbocycles. The van der Waals surface area contributed by atoms with Crippen LogP contribution in [-0.4, -0.2) is 33.6 Å². The number of halogens is 1.